The third-order valence-electron chi connectivity index (χ3n) is 8.61. The average molecular weight is 885 g/mol. The van der Waals surface area contributed by atoms with Gasteiger partial charge in [0.1, 0.15) is 5.58 Å². The topological polar surface area (TPSA) is 38.9 Å². The van der Waals surface area contributed by atoms with Gasteiger partial charge in [-0.1, -0.05) is 112 Å². The van der Waals surface area contributed by atoms with Crippen LogP contribution in [0.5, 0.6) is 0 Å². The van der Waals surface area contributed by atoms with Crippen LogP contribution in [0.15, 0.2) is 114 Å². The second-order valence-corrected chi connectivity index (χ2v) is 15.2. The first-order valence-corrected chi connectivity index (χ1v) is 17.5. The molecule has 0 aliphatic heterocycles. The Kier molecular flexibility index (Phi) is 6.78. The molecule has 0 amide bonds. The molecular weight excluding hydrogens is 825 g/mol. The molecule has 9 rings (SSSR count). The van der Waals surface area contributed by atoms with E-state index in [1.807, 2.05) is 71.9 Å². The van der Waals surface area contributed by atoms with E-state index in [1.54, 1.807) is 54.7 Å². The average Bonchev–Trinajstić information content (AvgIpc) is 3.74. The summed E-state index contributed by atoms with van der Waals surface area (Å²) >= 11 is 0. The van der Waals surface area contributed by atoms with Crippen molar-refractivity contribution in [1.82, 2.24) is 9.97 Å². The molecule has 4 heteroatoms. The number of hydrogen-bond acceptors (Lipinski definition) is 3. The van der Waals surface area contributed by atoms with Crippen molar-refractivity contribution in [2.75, 3.05) is 0 Å². The maximum absolute atomic E-state index is 9.51. The molecule has 0 saturated heterocycles. The van der Waals surface area contributed by atoms with Crippen molar-refractivity contribution in [2.24, 2.45) is 16.2 Å². The predicted molar refractivity (Wildman–Crippen MR) is 214 cm³/mol. The Hall–Kier alpha value is -4.37. The standard InChI is InChI=1S/C33H30NO.C16H18N.Ir/c1-32(2,3)16-21-13-14-34-29(15-21)27-10-6-9-25-26-12-11-24-19-33(20-28(24)31(26)35-30(25)27)17-22-7-4-5-8-23(22)18-33;1-16(2,3)12-13-9-10-17-15(11-13)14-7-5-4-6-8-14;/h4-9,11-15H,16-20H2,1-3H3;4-7,9-11H,12H2,1-3H3;/q2*-1;/i16D2,17D2,18D2,19D2,20D2;12D2;. The van der Waals surface area contributed by atoms with E-state index in [-0.39, 0.29) is 53.5 Å². The van der Waals surface area contributed by atoms with Gasteiger partial charge < -0.3 is 14.4 Å². The molecule has 0 fully saturated rings. The monoisotopic (exact) mass is 885 g/mol. The van der Waals surface area contributed by atoms with Crippen LogP contribution in [0.4, 0.5) is 0 Å². The largest absolute Gasteiger partial charge is 0.500 e. The van der Waals surface area contributed by atoms with Gasteiger partial charge in [-0.25, -0.2) is 0 Å². The van der Waals surface area contributed by atoms with E-state index >= 15 is 0 Å². The maximum Gasteiger partial charge on any atom is 0.124 e. The first kappa shape index (κ1) is 24.8. The molecule has 0 bridgehead atoms. The van der Waals surface area contributed by atoms with Crippen molar-refractivity contribution in [3.8, 4) is 22.5 Å². The second-order valence-electron chi connectivity index (χ2n) is 15.2. The van der Waals surface area contributed by atoms with Gasteiger partial charge >= 0.3 is 0 Å². The Morgan fingerprint density at radius 3 is 1.91 bits per heavy atom. The van der Waals surface area contributed by atoms with Crippen molar-refractivity contribution in [1.29, 1.82) is 0 Å². The summed E-state index contributed by atoms with van der Waals surface area (Å²) in [6.07, 6.45) is -11.1. The summed E-state index contributed by atoms with van der Waals surface area (Å²) in [7, 11) is 0. The number of rotatable bonds is 4. The van der Waals surface area contributed by atoms with Crippen LogP contribution in [0, 0.1) is 28.4 Å². The maximum atomic E-state index is 9.51. The summed E-state index contributed by atoms with van der Waals surface area (Å²) < 4.78 is 115. The van der Waals surface area contributed by atoms with Crippen LogP contribution in [-0.4, -0.2) is 9.97 Å². The van der Waals surface area contributed by atoms with E-state index in [2.05, 4.69) is 22.1 Å². The van der Waals surface area contributed by atoms with E-state index in [1.165, 1.54) is 24.4 Å². The minimum atomic E-state index is -2.88. The minimum Gasteiger partial charge on any atom is -0.500 e. The number of aromatic nitrogens is 2. The van der Waals surface area contributed by atoms with Gasteiger partial charge in [0.05, 0.1) is 5.58 Å². The first-order chi connectivity index (χ1) is 29.6. The molecule has 3 aromatic heterocycles. The number of pyridine rings is 2. The van der Waals surface area contributed by atoms with Gasteiger partial charge in [-0.3, -0.25) is 0 Å². The van der Waals surface area contributed by atoms with Crippen LogP contribution in [0.3, 0.4) is 0 Å². The summed E-state index contributed by atoms with van der Waals surface area (Å²) in [5, 5.41) is 1.01. The molecule has 0 atom stereocenters. The van der Waals surface area contributed by atoms with Crippen molar-refractivity contribution in [3.63, 3.8) is 0 Å². The SMILES string of the molecule is [2H]C([2H])(c1ccnc(-c2[c-]ccc3c2oc2c4c(ccc23)C([2H])([2H])C2(C([2H])([2H])c3ccccc3C2([2H])[2H])C4([2H])[2H])c1)C(C)(C)C.[2H]C([2H])(c1ccnc(-c2[c-]cccc2)c1)C(C)(C)C.[Ir]. The van der Waals surface area contributed by atoms with Gasteiger partial charge in [0.2, 0.25) is 0 Å². The third kappa shape index (κ3) is 7.96. The molecule has 0 N–H and O–H groups in total. The van der Waals surface area contributed by atoms with Crippen LogP contribution in [0.1, 0.15) is 91.4 Å². The number of furan rings is 1. The quantitative estimate of drug-likeness (QED) is 0.165. The molecule has 2 aliphatic carbocycles. The Morgan fingerprint density at radius 2 is 1.26 bits per heavy atom. The number of benzene rings is 4. The predicted octanol–water partition coefficient (Wildman–Crippen LogP) is 12.1. The summed E-state index contributed by atoms with van der Waals surface area (Å²) in [6.45, 7) is 11.2. The van der Waals surface area contributed by atoms with Gasteiger partial charge in [0.25, 0.3) is 0 Å². The molecule has 1 spiro atoms. The molecule has 7 aromatic rings. The molecule has 3 heterocycles. The summed E-state index contributed by atoms with van der Waals surface area (Å²) in [5.41, 5.74) is -0.771. The minimum absolute atomic E-state index is 0. The van der Waals surface area contributed by atoms with E-state index in [4.69, 9.17) is 9.90 Å². The molecule has 53 heavy (non-hydrogen) atoms. The van der Waals surface area contributed by atoms with E-state index < -0.39 is 54.5 Å². The van der Waals surface area contributed by atoms with Crippen molar-refractivity contribution >= 4 is 21.9 Å². The third-order valence-corrected chi connectivity index (χ3v) is 8.61. The van der Waals surface area contributed by atoms with Crippen LogP contribution in [0.2, 0.25) is 0 Å². The molecule has 0 unspecified atom stereocenters. The van der Waals surface area contributed by atoms with Crippen molar-refractivity contribution in [2.45, 2.75) is 79.8 Å². The zero-order chi connectivity index (χ0) is 46.8. The Morgan fingerprint density at radius 1 is 0.660 bits per heavy atom. The molecule has 2 aliphatic rings. The molecular formula is C49H48IrN2O-2. The fourth-order valence-corrected chi connectivity index (χ4v) is 6.63. The summed E-state index contributed by atoms with van der Waals surface area (Å²) in [5.74, 6) is 0. The Bertz CT molecular complexity index is 2920. The van der Waals surface area contributed by atoms with Gasteiger partial charge in [-0.2, -0.15) is 0 Å². The first-order valence-electron chi connectivity index (χ1n) is 23.5. The second kappa shape index (κ2) is 14.5. The molecule has 3 nitrogen and oxygen atoms in total. The number of hydrogen-bond donors (Lipinski definition) is 0. The van der Waals surface area contributed by atoms with Crippen LogP contribution < -0.4 is 0 Å². The summed E-state index contributed by atoms with van der Waals surface area (Å²) in [6, 6.07) is 33.0. The molecule has 0 saturated carbocycles. The number of fused-ring (bicyclic) bond motifs is 6. The number of nitrogens with zero attached hydrogens (tertiary/aromatic N) is 2. The smallest absolute Gasteiger partial charge is 0.124 e. The normalized spacial score (nSPS) is 22.2. The van der Waals surface area contributed by atoms with E-state index in [9.17, 15) is 11.0 Å². The van der Waals surface area contributed by atoms with Crippen LogP contribution >= 0.6 is 0 Å². The van der Waals surface area contributed by atoms with Gasteiger partial charge in [-0.05, 0) is 100 Å². The van der Waals surface area contributed by atoms with Gasteiger partial charge in [-0.15, -0.1) is 54.1 Å². The zero-order valence-corrected chi connectivity index (χ0v) is 32.9. The summed E-state index contributed by atoms with van der Waals surface area (Å²) in [4.78, 5) is 8.78. The van der Waals surface area contributed by atoms with Gasteiger partial charge in [0.15, 0.2) is 0 Å². The fourth-order valence-electron chi connectivity index (χ4n) is 6.63. The van der Waals surface area contributed by atoms with E-state index in [0.717, 1.165) is 11.3 Å². The van der Waals surface area contributed by atoms with Gasteiger partial charge in [0, 0.05) is 54.3 Å². The Balaban J connectivity index is 0.000000265. The van der Waals surface area contributed by atoms with E-state index in [0.29, 0.717) is 33.2 Å². The Labute approximate surface area is 345 Å². The zero-order valence-electron chi connectivity index (χ0n) is 42.5. The molecule has 1 radical (unpaired) electrons. The van der Waals surface area contributed by atoms with Crippen LogP contribution in [-0.2, 0) is 58.3 Å². The molecule has 4 aromatic carbocycles. The van der Waals surface area contributed by atoms with Crippen molar-refractivity contribution < 1.29 is 41.0 Å². The van der Waals surface area contributed by atoms with Crippen LogP contribution in [0.25, 0.3) is 44.5 Å². The van der Waals surface area contributed by atoms with Crippen molar-refractivity contribution in [3.05, 3.63) is 155 Å². The molecule has 271 valence electrons. The fraction of sp³-hybridized carbons (Fsp3) is 0.306.